The van der Waals surface area contributed by atoms with Crippen molar-refractivity contribution in [2.45, 2.75) is 46.2 Å². The number of benzene rings is 2. The molecule has 0 aliphatic carbocycles. The maximum absolute atomic E-state index is 13.2. The largest absolute Gasteiger partial charge is 0.345 e. The summed E-state index contributed by atoms with van der Waals surface area (Å²) in [4.78, 5) is 15.1. The smallest absolute Gasteiger partial charge is 0.254 e. The van der Waals surface area contributed by atoms with E-state index in [0.29, 0.717) is 13.1 Å². The van der Waals surface area contributed by atoms with Crippen LogP contribution in [0.1, 0.15) is 53.4 Å². The van der Waals surface area contributed by atoms with Gasteiger partial charge in [-0.25, -0.2) is 4.39 Å². The minimum absolute atomic E-state index is 0.0654. The minimum Gasteiger partial charge on any atom is -0.345 e. The molecule has 0 spiro atoms. The standard InChI is InChI=1S/C25H29FN2O/c1-3-4-5-16-28(25(29)22-12-8-20(2)9-13-22)19-24-7-6-17-27(24)18-21-10-14-23(26)15-11-21/h6-15,17H,3-5,16,18-19H2,1-2H3. The van der Waals surface area contributed by atoms with Crippen molar-refractivity contribution < 1.29 is 9.18 Å². The van der Waals surface area contributed by atoms with E-state index in [-0.39, 0.29) is 11.7 Å². The fourth-order valence-electron chi connectivity index (χ4n) is 3.41. The zero-order chi connectivity index (χ0) is 20.6. The average molecular weight is 393 g/mol. The van der Waals surface area contributed by atoms with Gasteiger partial charge in [-0.15, -0.1) is 0 Å². The first-order valence-electron chi connectivity index (χ1n) is 10.3. The minimum atomic E-state index is -0.229. The second-order valence-corrected chi connectivity index (χ2v) is 7.55. The van der Waals surface area contributed by atoms with E-state index < -0.39 is 0 Å². The van der Waals surface area contributed by atoms with E-state index in [4.69, 9.17) is 0 Å². The number of hydrogen-bond acceptors (Lipinski definition) is 1. The molecule has 29 heavy (non-hydrogen) atoms. The highest BCUT2D eigenvalue weighted by atomic mass is 19.1. The number of unbranched alkanes of at least 4 members (excludes halogenated alkanes) is 2. The molecule has 1 aromatic heterocycles. The van der Waals surface area contributed by atoms with Crippen molar-refractivity contribution in [3.05, 3.63) is 95.1 Å². The number of carbonyl (C=O) groups excluding carboxylic acids is 1. The number of carbonyl (C=O) groups is 1. The van der Waals surface area contributed by atoms with E-state index in [0.717, 1.165) is 48.2 Å². The number of amides is 1. The lowest BCUT2D eigenvalue weighted by atomic mass is 10.1. The molecule has 3 nitrogen and oxygen atoms in total. The maximum Gasteiger partial charge on any atom is 0.254 e. The molecule has 0 N–H and O–H groups in total. The summed E-state index contributed by atoms with van der Waals surface area (Å²) in [7, 11) is 0. The Morgan fingerprint density at radius 2 is 1.72 bits per heavy atom. The molecule has 3 rings (SSSR count). The van der Waals surface area contributed by atoms with Crippen molar-refractivity contribution in [1.29, 1.82) is 0 Å². The molecule has 2 aromatic carbocycles. The van der Waals surface area contributed by atoms with Crippen LogP contribution in [0.5, 0.6) is 0 Å². The van der Waals surface area contributed by atoms with Gasteiger partial charge in [0.15, 0.2) is 0 Å². The second-order valence-electron chi connectivity index (χ2n) is 7.55. The quantitative estimate of drug-likeness (QED) is 0.422. The Balaban J connectivity index is 1.77. The predicted molar refractivity (Wildman–Crippen MR) is 115 cm³/mol. The number of halogens is 1. The van der Waals surface area contributed by atoms with E-state index in [2.05, 4.69) is 17.6 Å². The van der Waals surface area contributed by atoms with Crippen LogP contribution in [-0.4, -0.2) is 21.9 Å². The van der Waals surface area contributed by atoms with Crippen molar-refractivity contribution in [2.75, 3.05) is 6.54 Å². The van der Waals surface area contributed by atoms with E-state index in [1.54, 1.807) is 12.1 Å². The van der Waals surface area contributed by atoms with Gasteiger partial charge in [-0.05, 0) is 55.3 Å². The van der Waals surface area contributed by atoms with Crippen molar-refractivity contribution >= 4 is 5.91 Å². The first-order valence-corrected chi connectivity index (χ1v) is 10.3. The van der Waals surface area contributed by atoms with Gasteiger partial charge in [0.1, 0.15) is 5.82 Å². The predicted octanol–water partition coefficient (Wildman–Crippen LogP) is 5.82. The van der Waals surface area contributed by atoms with E-state index >= 15 is 0 Å². The van der Waals surface area contributed by atoms with Crippen LogP contribution in [-0.2, 0) is 13.1 Å². The second kappa shape index (κ2) is 10.1. The van der Waals surface area contributed by atoms with Crippen LogP contribution in [0.15, 0.2) is 66.9 Å². The third kappa shape index (κ3) is 5.80. The van der Waals surface area contributed by atoms with Crippen LogP contribution in [0.2, 0.25) is 0 Å². The molecule has 0 bridgehead atoms. The van der Waals surface area contributed by atoms with E-state index in [1.165, 1.54) is 12.1 Å². The molecular weight excluding hydrogens is 363 g/mol. The van der Waals surface area contributed by atoms with Gasteiger partial charge in [0.2, 0.25) is 0 Å². The number of hydrogen-bond donors (Lipinski definition) is 0. The molecule has 0 aliphatic rings. The molecule has 0 fully saturated rings. The first kappa shape index (κ1) is 20.8. The number of aromatic nitrogens is 1. The Hall–Kier alpha value is -2.88. The topological polar surface area (TPSA) is 25.2 Å². The summed E-state index contributed by atoms with van der Waals surface area (Å²) in [5.74, 6) is -0.164. The highest BCUT2D eigenvalue weighted by molar-refractivity contribution is 5.94. The molecule has 0 aliphatic heterocycles. The summed E-state index contributed by atoms with van der Waals surface area (Å²) >= 11 is 0. The molecular formula is C25H29FN2O. The van der Waals surface area contributed by atoms with Gasteiger partial charge in [0, 0.05) is 30.5 Å². The number of nitrogens with zero attached hydrogens (tertiary/aromatic N) is 2. The van der Waals surface area contributed by atoms with Crippen LogP contribution in [0.3, 0.4) is 0 Å². The fourth-order valence-corrected chi connectivity index (χ4v) is 3.41. The lowest BCUT2D eigenvalue weighted by Gasteiger charge is -2.24. The van der Waals surface area contributed by atoms with Gasteiger partial charge in [0.25, 0.3) is 5.91 Å². The van der Waals surface area contributed by atoms with Gasteiger partial charge in [-0.1, -0.05) is 49.6 Å². The number of aryl methyl sites for hydroxylation is 1. The third-order valence-corrected chi connectivity index (χ3v) is 5.16. The van der Waals surface area contributed by atoms with Crippen molar-refractivity contribution in [2.24, 2.45) is 0 Å². The summed E-state index contributed by atoms with van der Waals surface area (Å²) in [5, 5.41) is 0. The molecule has 4 heteroatoms. The molecule has 0 saturated heterocycles. The van der Waals surface area contributed by atoms with Crippen LogP contribution < -0.4 is 0 Å². The SMILES string of the molecule is CCCCCN(Cc1cccn1Cc1ccc(F)cc1)C(=O)c1ccc(C)cc1. The first-order chi connectivity index (χ1) is 14.1. The van der Waals surface area contributed by atoms with Gasteiger partial charge < -0.3 is 9.47 Å². The Bertz CT molecular complexity index is 913. The van der Waals surface area contributed by atoms with Crippen molar-refractivity contribution in [3.63, 3.8) is 0 Å². The Morgan fingerprint density at radius 1 is 1.00 bits per heavy atom. The molecule has 0 saturated carbocycles. The summed E-state index contributed by atoms with van der Waals surface area (Å²) < 4.78 is 15.3. The molecule has 152 valence electrons. The summed E-state index contributed by atoms with van der Waals surface area (Å²) in [6.45, 7) is 6.15. The van der Waals surface area contributed by atoms with E-state index in [1.807, 2.05) is 48.4 Å². The zero-order valence-corrected chi connectivity index (χ0v) is 17.3. The van der Waals surface area contributed by atoms with E-state index in [9.17, 15) is 9.18 Å². The number of rotatable bonds is 9. The lowest BCUT2D eigenvalue weighted by Crippen LogP contribution is -2.32. The molecule has 1 amide bonds. The van der Waals surface area contributed by atoms with Gasteiger partial charge in [-0.2, -0.15) is 0 Å². The van der Waals surface area contributed by atoms with Crippen LogP contribution >= 0.6 is 0 Å². The van der Waals surface area contributed by atoms with Crippen LogP contribution in [0, 0.1) is 12.7 Å². The summed E-state index contributed by atoms with van der Waals surface area (Å²) in [5.41, 5.74) is 3.98. The Labute approximate surface area is 172 Å². The maximum atomic E-state index is 13.2. The summed E-state index contributed by atoms with van der Waals surface area (Å²) in [6.07, 6.45) is 5.23. The van der Waals surface area contributed by atoms with Gasteiger partial charge >= 0.3 is 0 Å². The van der Waals surface area contributed by atoms with Gasteiger partial charge in [-0.3, -0.25) is 4.79 Å². The summed E-state index contributed by atoms with van der Waals surface area (Å²) in [6, 6.07) is 18.4. The molecule has 1 heterocycles. The normalized spacial score (nSPS) is 10.9. The monoisotopic (exact) mass is 392 g/mol. The molecule has 0 unspecified atom stereocenters. The Morgan fingerprint density at radius 3 is 2.41 bits per heavy atom. The molecule has 0 radical (unpaired) electrons. The highest BCUT2D eigenvalue weighted by Crippen LogP contribution is 2.15. The third-order valence-electron chi connectivity index (χ3n) is 5.16. The Kier molecular flexibility index (Phi) is 7.23. The van der Waals surface area contributed by atoms with Crippen LogP contribution in [0.4, 0.5) is 4.39 Å². The lowest BCUT2D eigenvalue weighted by molar-refractivity contribution is 0.0736. The highest BCUT2D eigenvalue weighted by Gasteiger charge is 2.17. The van der Waals surface area contributed by atoms with Crippen LogP contribution in [0.25, 0.3) is 0 Å². The molecule has 0 atom stereocenters. The van der Waals surface area contributed by atoms with Crippen molar-refractivity contribution in [1.82, 2.24) is 9.47 Å². The zero-order valence-electron chi connectivity index (χ0n) is 17.3. The average Bonchev–Trinajstić information content (AvgIpc) is 3.16. The fraction of sp³-hybridized carbons (Fsp3) is 0.320. The molecule has 3 aromatic rings. The van der Waals surface area contributed by atoms with Gasteiger partial charge in [0.05, 0.1) is 6.54 Å². The van der Waals surface area contributed by atoms with Crippen molar-refractivity contribution in [3.8, 4) is 0 Å².